The molecule has 1 saturated heterocycles. The summed E-state index contributed by atoms with van der Waals surface area (Å²) in [7, 11) is 1.53. The first-order chi connectivity index (χ1) is 20.2. The Kier molecular flexibility index (Phi) is 7.42. The number of hydrogen-bond donors (Lipinski definition) is 1. The highest BCUT2D eigenvalue weighted by molar-refractivity contribution is 6.30. The van der Waals surface area contributed by atoms with Gasteiger partial charge in [0, 0.05) is 31.9 Å². The molecule has 0 bridgehead atoms. The van der Waals surface area contributed by atoms with Gasteiger partial charge in [-0.3, -0.25) is 14.6 Å². The van der Waals surface area contributed by atoms with Crippen LogP contribution in [-0.4, -0.2) is 59.6 Å². The molecule has 0 atom stereocenters. The average Bonchev–Trinajstić information content (AvgIpc) is 3.19. The Labute approximate surface area is 245 Å². The molecule has 1 aromatic carbocycles. The quantitative estimate of drug-likeness (QED) is 0.419. The van der Waals surface area contributed by atoms with Crippen LogP contribution in [0.5, 0.6) is 5.88 Å². The molecule has 0 unspecified atom stereocenters. The summed E-state index contributed by atoms with van der Waals surface area (Å²) < 4.78 is 46.5. The van der Waals surface area contributed by atoms with E-state index >= 15 is 0 Å². The minimum absolute atomic E-state index is 0.0708. The zero-order valence-electron chi connectivity index (χ0n) is 22.7. The second-order valence-corrected chi connectivity index (χ2v) is 11.4. The molecular weight excluding hydrogens is 573 g/mol. The summed E-state index contributed by atoms with van der Waals surface area (Å²) in [5, 5.41) is 2.94. The van der Waals surface area contributed by atoms with Crippen LogP contribution in [0, 0.1) is 11.7 Å². The molecular formula is C29H28ClF3N6O3. The summed E-state index contributed by atoms with van der Waals surface area (Å²) in [6.07, 6.45) is 3.85. The molecule has 2 amide bonds. The number of nitrogens with zero attached hydrogens (tertiary/aromatic N) is 5. The normalized spacial score (nSPS) is 21.0. The van der Waals surface area contributed by atoms with Crippen molar-refractivity contribution >= 4 is 34.8 Å². The highest BCUT2D eigenvalue weighted by Crippen LogP contribution is 2.50. The number of halogens is 4. The molecule has 9 nitrogen and oxygen atoms in total. The van der Waals surface area contributed by atoms with Crippen molar-refractivity contribution in [3.8, 4) is 5.88 Å². The summed E-state index contributed by atoms with van der Waals surface area (Å²) in [6.45, 7) is 1.20. The van der Waals surface area contributed by atoms with Crippen molar-refractivity contribution in [2.45, 2.75) is 43.6 Å². The number of benzene rings is 1. The Balaban J connectivity index is 1.12. The van der Waals surface area contributed by atoms with E-state index in [1.54, 1.807) is 17.2 Å². The van der Waals surface area contributed by atoms with Gasteiger partial charge in [-0.2, -0.15) is 0 Å². The first kappa shape index (κ1) is 28.2. The number of anilines is 2. The number of carbonyl (C=O) groups is 2. The van der Waals surface area contributed by atoms with Crippen LogP contribution in [0.25, 0.3) is 0 Å². The van der Waals surface area contributed by atoms with E-state index < -0.39 is 29.3 Å². The number of ether oxygens (including phenoxy) is 1. The summed E-state index contributed by atoms with van der Waals surface area (Å²) >= 11 is 5.90. The van der Waals surface area contributed by atoms with Gasteiger partial charge in [0.2, 0.25) is 11.8 Å². The van der Waals surface area contributed by atoms with E-state index in [0.29, 0.717) is 62.6 Å². The van der Waals surface area contributed by atoms with E-state index in [1.807, 2.05) is 4.90 Å². The first-order valence-corrected chi connectivity index (χ1v) is 14.0. The van der Waals surface area contributed by atoms with Gasteiger partial charge < -0.3 is 19.9 Å². The number of aromatic nitrogens is 3. The molecule has 0 radical (unpaired) electrons. The highest BCUT2D eigenvalue weighted by atomic mass is 35.5. The molecule has 1 aliphatic carbocycles. The molecule has 1 spiro atoms. The maximum absolute atomic E-state index is 14.4. The molecule has 1 N–H and O–H groups in total. The van der Waals surface area contributed by atoms with Gasteiger partial charge >= 0.3 is 0 Å². The zero-order valence-corrected chi connectivity index (χ0v) is 23.5. The number of nitrogens with one attached hydrogen (secondary N) is 1. The number of rotatable bonds is 7. The van der Waals surface area contributed by atoms with E-state index in [2.05, 4.69) is 20.3 Å². The van der Waals surface area contributed by atoms with Crippen molar-refractivity contribution in [2.75, 3.05) is 36.5 Å². The van der Waals surface area contributed by atoms with Crippen LogP contribution in [0.3, 0.4) is 0 Å². The minimum Gasteiger partial charge on any atom is -0.479 e. The third kappa shape index (κ3) is 4.91. The van der Waals surface area contributed by atoms with Crippen molar-refractivity contribution < 1.29 is 27.5 Å². The molecule has 4 heterocycles. The van der Waals surface area contributed by atoms with Crippen LogP contribution in [0.15, 0.2) is 43.0 Å². The number of alkyl halides is 2. The lowest BCUT2D eigenvalue weighted by molar-refractivity contribution is -0.124. The maximum Gasteiger partial charge on any atom is 0.281 e. The predicted molar refractivity (Wildman–Crippen MR) is 149 cm³/mol. The maximum atomic E-state index is 14.4. The number of methoxy groups -OCH3 is 1. The Hall–Kier alpha value is -3.93. The van der Waals surface area contributed by atoms with Gasteiger partial charge in [-0.05, 0) is 55.4 Å². The third-order valence-electron chi connectivity index (χ3n) is 8.49. The minimum atomic E-state index is -2.90. The first-order valence-electron chi connectivity index (χ1n) is 13.7. The molecule has 2 fully saturated rings. The third-order valence-corrected chi connectivity index (χ3v) is 8.70. The zero-order chi connectivity index (χ0) is 29.6. The molecule has 2 aliphatic heterocycles. The van der Waals surface area contributed by atoms with E-state index in [9.17, 15) is 22.8 Å². The Morgan fingerprint density at radius 2 is 1.90 bits per heavy atom. The number of pyridine rings is 1. The fraction of sp³-hybridized carbons (Fsp3) is 0.414. The molecule has 6 rings (SSSR count). The smallest absolute Gasteiger partial charge is 0.281 e. The van der Waals surface area contributed by atoms with Crippen LogP contribution in [-0.2, 0) is 10.2 Å². The van der Waals surface area contributed by atoms with Crippen molar-refractivity contribution in [2.24, 2.45) is 5.92 Å². The van der Waals surface area contributed by atoms with Crippen LogP contribution in [0.2, 0.25) is 5.02 Å². The van der Waals surface area contributed by atoms with E-state index in [1.165, 1.54) is 31.6 Å². The van der Waals surface area contributed by atoms with Crippen molar-refractivity contribution in [1.82, 2.24) is 20.3 Å². The molecule has 2 aromatic heterocycles. The largest absolute Gasteiger partial charge is 0.479 e. The summed E-state index contributed by atoms with van der Waals surface area (Å²) in [5.41, 5.74) is 0.426. The lowest BCUT2D eigenvalue weighted by atomic mass is 9.74. The van der Waals surface area contributed by atoms with Gasteiger partial charge in [0.05, 0.1) is 29.6 Å². The summed E-state index contributed by atoms with van der Waals surface area (Å²) in [6, 6.07) is 5.48. The number of amides is 2. The monoisotopic (exact) mass is 600 g/mol. The van der Waals surface area contributed by atoms with Crippen LogP contribution in [0.4, 0.5) is 24.5 Å². The average molecular weight is 601 g/mol. The summed E-state index contributed by atoms with van der Waals surface area (Å²) in [5.74, 6) is -0.583. The Morgan fingerprint density at radius 3 is 2.62 bits per heavy atom. The van der Waals surface area contributed by atoms with Gasteiger partial charge in [0.25, 0.3) is 12.3 Å². The van der Waals surface area contributed by atoms with Gasteiger partial charge in [0.15, 0.2) is 0 Å². The number of fused-ring (bicyclic) bond motifs is 2. The molecule has 13 heteroatoms. The van der Waals surface area contributed by atoms with Crippen molar-refractivity contribution in [3.05, 3.63) is 70.6 Å². The van der Waals surface area contributed by atoms with Crippen molar-refractivity contribution in [3.63, 3.8) is 0 Å². The summed E-state index contributed by atoms with van der Waals surface area (Å²) in [4.78, 5) is 42.3. The lowest BCUT2D eigenvalue weighted by Crippen LogP contribution is -2.64. The predicted octanol–water partition coefficient (Wildman–Crippen LogP) is 4.70. The number of hydrogen-bond acceptors (Lipinski definition) is 7. The SMILES string of the molecule is COc1ncncc1N1CC2(C1)C(=O)N(C[C@H]1CC[C@H](NC(=O)c3cc(Cl)cnc3C(F)F)CC1)c1cc(F)ccc12. The van der Waals surface area contributed by atoms with Crippen molar-refractivity contribution in [1.29, 1.82) is 0 Å². The number of carbonyl (C=O) groups excluding carboxylic acids is 2. The molecule has 1 saturated carbocycles. The molecule has 3 aliphatic rings. The van der Waals surface area contributed by atoms with E-state index in [0.717, 1.165) is 11.8 Å². The van der Waals surface area contributed by atoms with E-state index in [4.69, 9.17) is 16.3 Å². The Morgan fingerprint density at radius 1 is 1.14 bits per heavy atom. The molecule has 220 valence electrons. The van der Waals surface area contributed by atoms with Crippen LogP contribution in [0.1, 0.15) is 53.7 Å². The molecule has 3 aromatic rings. The van der Waals surface area contributed by atoms with Gasteiger partial charge in [-0.25, -0.2) is 23.1 Å². The van der Waals surface area contributed by atoms with Gasteiger partial charge in [-0.1, -0.05) is 17.7 Å². The van der Waals surface area contributed by atoms with Gasteiger partial charge in [-0.15, -0.1) is 0 Å². The second-order valence-electron chi connectivity index (χ2n) is 11.0. The van der Waals surface area contributed by atoms with Gasteiger partial charge in [0.1, 0.15) is 28.9 Å². The Bertz CT molecular complexity index is 1530. The fourth-order valence-corrected chi connectivity index (χ4v) is 6.54. The second kappa shape index (κ2) is 11.0. The molecule has 42 heavy (non-hydrogen) atoms. The van der Waals surface area contributed by atoms with E-state index in [-0.39, 0.29) is 28.5 Å². The lowest BCUT2D eigenvalue weighted by Gasteiger charge is -2.48. The topological polar surface area (TPSA) is 101 Å². The fourth-order valence-electron chi connectivity index (χ4n) is 6.38. The standard InChI is InChI=1S/C29H28ClF3N6O3/c1-42-27-23(11-34-15-36-27)38-13-29(14-38)21-7-4-18(31)9-22(21)39(28(29)41)12-16-2-5-19(6-3-16)37-26(40)20-8-17(30)10-35-24(20)25(32)33/h4,7-11,15-16,19,25H,2-3,5-6,12-14H2,1H3,(H,37,40)/t16-,19-. The highest BCUT2D eigenvalue weighted by Gasteiger charge is 2.58. The van der Waals surface area contributed by atoms with Crippen LogP contribution >= 0.6 is 11.6 Å². The van der Waals surface area contributed by atoms with Crippen LogP contribution < -0.4 is 19.9 Å².